The van der Waals surface area contributed by atoms with E-state index < -0.39 is 0 Å². The van der Waals surface area contributed by atoms with Crippen LogP contribution < -0.4 is 5.32 Å². The number of thiocarbonyl (C=S) groups is 1. The summed E-state index contributed by atoms with van der Waals surface area (Å²) in [6, 6.07) is 9.85. The molecule has 1 fully saturated rings. The molecule has 0 saturated carbocycles. The van der Waals surface area contributed by atoms with E-state index in [0.717, 1.165) is 59.9 Å². The number of hydrogen-bond acceptors (Lipinski definition) is 3. The van der Waals surface area contributed by atoms with E-state index >= 15 is 0 Å². The average Bonchev–Trinajstić information content (AvgIpc) is 3.04. The summed E-state index contributed by atoms with van der Waals surface area (Å²) in [5.41, 5.74) is 2.00. The van der Waals surface area contributed by atoms with Crippen molar-refractivity contribution in [3.05, 3.63) is 52.9 Å². The van der Waals surface area contributed by atoms with Crippen molar-refractivity contribution < 1.29 is 4.42 Å². The van der Waals surface area contributed by atoms with Gasteiger partial charge >= 0.3 is 0 Å². The van der Waals surface area contributed by atoms with Gasteiger partial charge in [0.1, 0.15) is 5.76 Å². The van der Waals surface area contributed by atoms with Gasteiger partial charge in [-0.15, -0.1) is 0 Å². The lowest BCUT2D eigenvalue weighted by Crippen LogP contribution is -2.49. The first-order valence-electron chi connectivity index (χ1n) is 7.68. The van der Waals surface area contributed by atoms with E-state index in [4.69, 9.17) is 28.2 Å². The summed E-state index contributed by atoms with van der Waals surface area (Å²) in [5, 5.41) is 4.78. The lowest BCUT2D eigenvalue weighted by atomic mass is 10.2. The highest BCUT2D eigenvalue weighted by Gasteiger charge is 2.19. The first-order chi connectivity index (χ1) is 11.1. The van der Waals surface area contributed by atoms with Gasteiger partial charge < -0.3 is 14.6 Å². The third kappa shape index (κ3) is 4.25. The fourth-order valence-electron chi connectivity index (χ4n) is 2.61. The molecular formula is C17H20ClN3OS. The van der Waals surface area contributed by atoms with Crippen LogP contribution in [0.2, 0.25) is 5.02 Å². The number of nitrogens with one attached hydrogen (secondary N) is 1. The van der Waals surface area contributed by atoms with E-state index in [1.165, 1.54) is 0 Å². The Kier molecular flexibility index (Phi) is 5.20. The van der Waals surface area contributed by atoms with Gasteiger partial charge in [-0.25, -0.2) is 0 Å². The van der Waals surface area contributed by atoms with Crippen molar-refractivity contribution in [2.75, 3.05) is 31.5 Å². The molecule has 0 radical (unpaired) electrons. The molecule has 0 atom stereocenters. The Bertz CT molecular complexity index is 666. The van der Waals surface area contributed by atoms with Crippen molar-refractivity contribution in [2.45, 2.75) is 13.5 Å². The maximum atomic E-state index is 6.16. The highest BCUT2D eigenvalue weighted by molar-refractivity contribution is 7.80. The molecule has 1 aliphatic rings. The first kappa shape index (κ1) is 16.3. The molecule has 6 heteroatoms. The van der Waals surface area contributed by atoms with Gasteiger partial charge in [-0.2, -0.15) is 0 Å². The molecule has 1 aromatic carbocycles. The monoisotopic (exact) mass is 349 g/mol. The zero-order valence-corrected chi connectivity index (χ0v) is 14.7. The van der Waals surface area contributed by atoms with E-state index in [1.54, 1.807) is 6.26 Å². The van der Waals surface area contributed by atoms with E-state index in [1.807, 2.05) is 37.3 Å². The minimum Gasteiger partial charge on any atom is -0.468 e. The molecule has 4 nitrogen and oxygen atoms in total. The molecule has 0 unspecified atom stereocenters. The predicted molar refractivity (Wildman–Crippen MR) is 98.0 cm³/mol. The lowest BCUT2D eigenvalue weighted by molar-refractivity contribution is 0.166. The fourth-order valence-corrected chi connectivity index (χ4v) is 3.09. The van der Waals surface area contributed by atoms with Crippen molar-refractivity contribution in [3.63, 3.8) is 0 Å². The number of rotatable bonds is 3. The van der Waals surface area contributed by atoms with E-state index in [0.29, 0.717) is 0 Å². The second-order valence-corrected chi connectivity index (χ2v) is 6.53. The van der Waals surface area contributed by atoms with Crippen LogP contribution in [0.4, 0.5) is 5.69 Å². The van der Waals surface area contributed by atoms with E-state index in [-0.39, 0.29) is 0 Å². The van der Waals surface area contributed by atoms with Crippen LogP contribution in [0.15, 0.2) is 41.0 Å². The summed E-state index contributed by atoms with van der Waals surface area (Å²) in [4.78, 5) is 4.57. The largest absolute Gasteiger partial charge is 0.468 e. The molecule has 1 aliphatic heterocycles. The average molecular weight is 350 g/mol. The first-order valence-corrected chi connectivity index (χ1v) is 8.47. The number of benzene rings is 1. The van der Waals surface area contributed by atoms with Gasteiger partial charge in [0.05, 0.1) is 12.8 Å². The molecule has 0 bridgehead atoms. The summed E-state index contributed by atoms with van der Waals surface area (Å²) in [6.07, 6.45) is 1.72. The predicted octanol–water partition coefficient (Wildman–Crippen LogP) is 3.76. The molecule has 0 aliphatic carbocycles. The van der Waals surface area contributed by atoms with E-state index in [9.17, 15) is 0 Å². The maximum absolute atomic E-state index is 6.16. The lowest BCUT2D eigenvalue weighted by Gasteiger charge is -2.35. The minimum atomic E-state index is 0.751. The molecule has 122 valence electrons. The van der Waals surface area contributed by atoms with Gasteiger partial charge in [-0.3, -0.25) is 4.90 Å². The summed E-state index contributed by atoms with van der Waals surface area (Å²) >= 11 is 11.7. The van der Waals surface area contributed by atoms with Gasteiger partial charge in [0, 0.05) is 36.9 Å². The highest BCUT2D eigenvalue weighted by Crippen LogP contribution is 2.20. The molecule has 2 heterocycles. The topological polar surface area (TPSA) is 31.6 Å². The Morgan fingerprint density at radius 1 is 1.26 bits per heavy atom. The summed E-state index contributed by atoms with van der Waals surface area (Å²) in [7, 11) is 0. The van der Waals surface area contributed by atoms with Gasteiger partial charge in [-0.05, 0) is 49.0 Å². The molecule has 0 spiro atoms. The van der Waals surface area contributed by atoms with E-state index in [2.05, 4.69) is 15.1 Å². The fraction of sp³-hybridized carbons (Fsp3) is 0.353. The van der Waals surface area contributed by atoms with Crippen LogP contribution in [0.3, 0.4) is 0 Å². The maximum Gasteiger partial charge on any atom is 0.173 e. The normalized spacial score (nSPS) is 15.7. The Labute approximate surface area is 147 Å². The Morgan fingerprint density at radius 3 is 2.70 bits per heavy atom. The van der Waals surface area contributed by atoms with Crippen LogP contribution in [-0.4, -0.2) is 41.1 Å². The van der Waals surface area contributed by atoms with Crippen LogP contribution >= 0.6 is 23.8 Å². The second kappa shape index (κ2) is 7.34. The zero-order valence-electron chi connectivity index (χ0n) is 13.1. The number of piperazine rings is 1. The van der Waals surface area contributed by atoms with Gasteiger partial charge in [-0.1, -0.05) is 17.7 Å². The van der Waals surface area contributed by atoms with Crippen molar-refractivity contribution >= 4 is 34.6 Å². The Morgan fingerprint density at radius 2 is 2.04 bits per heavy atom. The SMILES string of the molecule is Cc1ccc(NC(=S)N2CCN(Cc3ccco3)CC2)cc1Cl. The molecule has 0 amide bonds. The van der Waals surface area contributed by atoms with Gasteiger partial charge in [0.2, 0.25) is 0 Å². The number of furan rings is 1. The number of anilines is 1. The summed E-state index contributed by atoms with van der Waals surface area (Å²) in [5.74, 6) is 1.01. The van der Waals surface area contributed by atoms with Crippen LogP contribution in [0.1, 0.15) is 11.3 Å². The minimum absolute atomic E-state index is 0.751. The summed E-state index contributed by atoms with van der Waals surface area (Å²) in [6.45, 7) is 6.60. The van der Waals surface area contributed by atoms with Gasteiger partial charge in [0.15, 0.2) is 5.11 Å². The molecule has 2 aromatic rings. The molecule has 1 aromatic heterocycles. The standard InChI is InChI=1S/C17H20ClN3OS/c1-13-4-5-14(11-16(13)18)19-17(23)21-8-6-20(7-9-21)12-15-3-2-10-22-15/h2-5,10-11H,6-9,12H2,1H3,(H,19,23). The van der Waals surface area contributed by atoms with Crippen LogP contribution in [0, 0.1) is 6.92 Å². The number of halogens is 1. The molecule has 3 rings (SSSR count). The van der Waals surface area contributed by atoms with Crippen LogP contribution in [-0.2, 0) is 6.54 Å². The molecule has 1 saturated heterocycles. The second-order valence-electron chi connectivity index (χ2n) is 5.74. The third-order valence-electron chi connectivity index (χ3n) is 4.04. The zero-order chi connectivity index (χ0) is 16.2. The molecule has 23 heavy (non-hydrogen) atoms. The number of nitrogens with zero attached hydrogens (tertiary/aromatic N) is 2. The van der Waals surface area contributed by atoms with Crippen molar-refractivity contribution in [2.24, 2.45) is 0 Å². The van der Waals surface area contributed by atoms with Crippen LogP contribution in [0.25, 0.3) is 0 Å². The third-order valence-corrected chi connectivity index (χ3v) is 4.81. The quantitative estimate of drug-likeness (QED) is 0.853. The highest BCUT2D eigenvalue weighted by atomic mass is 35.5. The summed E-state index contributed by atoms with van der Waals surface area (Å²) < 4.78 is 5.40. The van der Waals surface area contributed by atoms with Crippen molar-refractivity contribution in [1.29, 1.82) is 0 Å². The molecular weight excluding hydrogens is 330 g/mol. The Hall–Kier alpha value is -1.56. The van der Waals surface area contributed by atoms with Crippen molar-refractivity contribution in [3.8, 4) is 0 Å². The number of aryl methyl sites for hydroxylation is 1. The number of hydrogen-bond donors (Lipinski definition) is 1. The smallest absolute Gasteiger partial charge is 0.173 e. The Balaban J connectivity index is 1.50. The van der Waals surface area contributed by atoms with Crippen LogP contribution in [0.5, 0.6) is 0 Å². The molecule has 1 N–H and O–H groups in total. The van der Waals surface area contributed by atoms with Gasteiger partial charge in [0.25, 0.3) is 0 Å². The van der Waals surface area contributed by atoms with Crippen molar-refractivity contribution in [1.82, 2.24) is 9.80 Å².